The summed E-state index contributed by atoms with van der Waals surface area (Å²) in [5, 5.41) is 6.69. The number of hydrogen-bond acceptors (Lipinski definition) is 4. The van der Waals surface area contributed by atoms with Crippen LogP contribution in [0.2, 0.25) is 0 Å². The molecule has 2 fully saturated rings. The second-order valence-corrected chi connectivity index (χ2v) is 5.21. The van der Waals surface area contributed by atoms with Crippen LogP contribution in [0, 0.1) is 5.92 Å². The third-order valence-electron chi connectivity index (χ3n) is 3.96. The standard InChI is InChI=1S/C13H20N4/c1-2-11(3-1)12-8-16-13(17-9-12)15-7-10-4-5-14-6-10/h8-11,14H,1-7H2,(H,15,16,17). The molecule has 2 aliphatic rings. The van der Waals surface area contributed by atoms with Crippen LogP contribution in [-0.4, -0.2) is 29.6 Å². The quantitative estimate of drug-likeness (QED) is 0.830. The van der Waals surface area contributed by atoms with Crippen molar-refractivity contribution in [2.75, 3.05) is 25.0 Å². The molecule has 0 spiro atoms. The van der Waals surface area contributed by atoms with E-state index in [-0.39, 0.29) is 0 Å². The molecule has 3 rings (SSSR count). The van der Waals surface area contributed by atoms with Gasteiger partial charge in [0.15, 0.2) is 0 Å². The van der Waals surface area contributed by atoms with Gasteiger partial charge >= 0.3 is 0 Å². The minimum absolute atomic E-state index is 0.725. The molecule has 0 radical (unpaired) electrons. The van der Waals surface area contributed by atoms with Gasteiger partial charge in [-0.15, -0.1) is 0 Å². The third-order valence-corrected chi connectivity index (χ3v) is 3.96. The van der Waals surface area contributed by atoms with E-state index >= 15 is 0 Å². The molecule has 1 saturated heterocycles. The van der Waals surface area contributed by atoms with E-state index in [9.17, 15) is 0 Å². The van der Waals surface area contributed by atoms with Crippen molar-refractivity contribution in [3.05, 3.63) is 18.0 Å². The van der Waals surface area contributed by atoms with Gasteiger partial charge in [0.05, 0.1) is 0 Å². The number of anilines is 1. The molecular formula is C13H20N4. The van der Waals surface area contributed by atoms with E-state index in [1.54, 1.807) is 0 Å². The number of nitrogens with one attached hydrogen (secondary N) is 2. The Morgan fingerprint density at radius 2 is 2.06 bits per heavy atom. The van der Waals surface area contributed by atoms with Crippen LogP contribution in [0.25, 0.3) is 0 Å². The molecule has 1 unspecified atom stereocenters. The summed E-state index contributed by atoms with van der Waals surface area (Å²) in [5.74, 6) is 2.23. The van der Waals surface area contributed by atoms with Gasteiger partial charge in [0, 0.05) is 18.9 Å². The minimum atomic E-state index is 0.725. The van der Waals surface area contributed by atoms with E-state index in [0.29, 0.717) is 0 Å². The average Bonchev–Trinajstić information content (AvgIpc) is 2.79. The molecule has 17 heavy (non-hydrogen) atoms. The van der Waals surface area contributed by atoms with E-state index in [4.69, 9.17) is 0 Å². The predicted octanol–water partition coefficient (Wildman–Crippen LogP) is 1.77. The Hall–Kier alpha value is -1.16. The normalized spacial score (nSPS) is 24.6. The summed E-state index contributed by atoms with van der Waals surface area (Å²) in [7, 11) is 0. The number of hydrogen-bond donors (Lipinski definition) is 2. The Morgan fingerprint density at radius 3 is 2.65 bits per heavy atom. The Bertz CT molecular complexity index is 352. The van der Waals surface area contributed by atoms with Gasteiger partial charge in [-0.1, -0.05) is 6.42 Å². The zero-order valence-electron chi connectivity index (χ0n) is 10.2. The van der Waals surface area contributed by atoms with Crippen molar-refractivity contribution in [3.63, 3.8) is 0 Å². The van der Waals surface area contributed by atoms with Crippen LogP contribution in [0.5, 0.6) is 0 Å². The van der Waals surface area contributed by atoms with Crippen LogP contribution in [0.1, 0.15) is 37.2 Å². The molecule has 1 aromatic heterocycles. The molecule has 1 aromatic rings. The molecule has 4 nitrogen and oxygen atoms in total. The van der Waals surface area contributed by atoms with Crippen LogP contribution in [0.15, 0.2) is 12.4 Å². The maximum Gasteiger partial charge on any atom is 0.222 e. The smallest absolute Gasteiger partial charge is 0.222 e. The lowest BCUT2D eigenvalue weighted by molar-refractivity contribution is 0.418. The number of aromatic nitrogens is 2. The minimum Gasteiger partial charge on any atom is -0.354 e. The third kappa shape index (κ3) is 2.57. The highest BCUT2D eigenvalue weighted by Gasteiger charge is 2.20. The van der Waals surface area contributed by atoms with Crippen LogP contribution in [0.3, 0.4) is 0 Å². The molecule has 2 N–H and O–H groups in total. The molecule has 1 aliphatic carbocycles. The molecule has 1 saturated carbocycles. The first-order chi connectivity index (χ1) is 8.42. The van der Waals surface area contributed by atoms with Crippen LogP contribution in [0.4, 0.5) is 5.95 Å². The van der Waals surface area contributed by atoms with Gasteiger partial charge in [-0.2, -0.15) is 0 Å². The van der Waals surface area contributed by atoms with Gasteiger partial charge < -0.3 is 10.6 Å². The molecular weight excluding hydrogens is 212 g/mol. The number of nitrogens with zero attached hydrogens (tertiary/aromatic N) is 2. The number of rotatable bonds is 4. The van der Waals surface area contributed by atoms with Crippen molar-refractivity contribution in [3.8, 4) is 0 Å². The highest BCUT2D eigenvalue weighted by molar-refractivity contribution is 5.26. The summed E-state index contributed by atoms with van der Waals surface area (Å²) < 4.78 is 0. The molecule has 1 aliphatic heterocycles. The highest BCUT2D eigenvalue weighted by Crippen LogP contribution is 2.35. The molecule has 0 amide bonds. The fourth-order valence-electron chi connectivity index (χ4n) is 2.51. The molecule has 4 heteroatoms. The van der Waals surface area contributed by atoms with Crippen molar-refractivity contribution in [1.29, 1.82) is 0 Å². The Balaban J connectivity index is 1.52. The SMILES string of the molecule is c1nc(NCC2CCNC2)ncc1C1CCC1. The van der Waals surface area contributed by atoms with Crippen LogP contribution < -0.4 is 10.6 Å². The molecule has 0 aromatic carbocycles. The summed E-state index contributed by atoms with van der Waals surface area (Å²) in [4.78, 5) is 8.80. The first-order valence-corrected chi connectivity index (χ1v) is 6.68. The molecule has 92 valence electrons. The highest BCUT2D eigenvalue weighted by atomic mass is 15.1. The van der Waals surface area contributed by atoms with Crippen LogP contribution in [-0.2, 0) is 0 Å². The van der Waals surface area contributed by atoms with E-state index < -0.39 is 0 Å². The zero-order valence-corrected chi connectivity index (χ0v) is 10.2. The molecule has 1 atom stereocenters. The molecule has 0 bridgehead atoms. The lowest BCUT2D eigenvalue weighted by Gasteiger charge is -2.25. The summed E-state index contributed by atoms with van der Waals surface area (Å²) in [6.45, 7) is 3.25. The summed E-state index contributed by atoms with van der Waals surface area (Å²) in [6, 6.07) is 0. The monoisotopic (exact) mass is 232 g/mol. The van der Waals surface area contributed by atoms with Gasteiger partial charge in [-0.05, 0) is 49.8 Å². The van der Waals surface area contributed by atoms with Gasteiger partial charge in [0.2, 0.25) is 5.95 Å². The Labute approximate surface area is 102 Å². The Kier molecular flexibility index (Phi) is 3.22. The topological polar surface area (TPSA) is 49.8 Å². The first kappa shape index (κ1) is 11.0. The van der Waals surface area contributed by atoms with Gasteiger partial charge in [0.1, 0.15) is 0 Å². The van der Waals surface area contributed by atoms with E-state index in [1.807, 2.05) is 12.4 Å². The zero-order chi connectivity index (χ0) is 11.5. The Morgan fingerprint density at radius 1 is 1.24 bits per heavy atom. The fourth-order valence-corrected chi connectivity index (χ4v) is 2.51. The van der Waals surface area contributed by atoms with Crippen molar-refractivity contribution in [1.82, 2.24) is 15.3 Å². The van der Waals surface area contributed by atoms with Gasteiger partial charge in [-0.3, -0.25) is 0 Å². The van der Waals surface area contributed by atoms with Crippen molar-refractivity contribution in [2.24, 2.45) is 5.92 Å². The largest absolute Gasteiger partial charge is 0.354 e. The van der Waals surface area contributed by atoms with Crippen molar-refractivity contribution < 1.29 is 0 Å². The van der Waals surface area contributed by atoms with Crippen molar-refractivity contribution >= 4 is 5.95 Å². The summed E-state index contributed by atoms with van der Waals surface area (Å²) >= 11 is 0. The predicted molar refractivity (Wildman–Crippen MR) is 68.1 cm³/mol. The maximum absolute atomic E-state index is 4.40. The van der Waals surface area contributed by atoms with Gasteiger partial charge in [0.25, 0.3) is 0 Å². The molecule has 2 heterocycles. The lowest BCUT2D eigenvalue weighted by Crippen LogP contribution is -2.18. The van der Waals surface area contributed by atoms with E-state index in [1.165, 1.54) is 31.2 Å². The summed E-state index contributed by atoms with van der Waals surface area (Å²) in [6.07, 6.45) is 9.22. The van der Waals surface area contributed by atoms with Crippen molar-refractivity contribution in [2.45, 2.75) is 31.6 Å². The fraction of sp³-hybridized carbons (Fsp3) is 0.692. The van der Waals surface area contributed by atoms with Gasteiger partial charge in [-0.25, -0.2) is 9.97 Å². The second kappa shape index (κ2) is 5.00. The second-order valence-electron chi connectivity index (χ2n) is 5.21. The van der Waals surface area contributed by atoms with Crippen LogP contribution >= 0.6 is 0 Å². The lowest BCUT2D eigenvalue weighted by atomic mass is 9.81. The first-order valence-electron chi connectivity index (χ1n) is 6.68. The van der Waals surface area contributed by atoms with E-state index in [0.717, 1.165) is 37.4 Å². The van der Waals surface area contributed by atoms with E-state index in [2.05, 4.69) is 20.6 Å². The average molecular weight is 232 g/mol. The summed E-state index contributed by atoms with van der Waals surface area (Å²) in [5.41, 5.74) is 1.31. The maximum atomic E-state index is 4.40.